The average molecular weight is 487 g/mol. The van der Waals surface area contributed by atoms with E-state index in [0.29, 0.717) is 42.1 Å². The Morgan fingerprint density at radius 2 is 1.94 bits per heavy atom. The van der Waals surface area contributed by atoms with Crippen LogP contribution in [0.3, 0.4) is 0 Å². The van der Waals surface area contributed by atoms with E-state index in [-0.39, 0.29) is 17.2 Å². The molecule has 0 fully saturated rings. The molecule has 3 heterocycles. The number of hydrogen-bond donors (Lipinski definition) is 2. The summed E-state index contributed by atoms with van der Waals surface area (Å²) in [7, 11) is 1.37. The quantitative estimate of drug-likeness (QED) is 0.402. The third-order valence-corrected chi connectivity index (χ3v) is 6.86. The number of hydrogen-bond acceptors (Lipinski definition) is 5. The second kappa shape index (κ2) is 9.28. The van der Waals surface area contributed by atoms with Crippen LogP contribution in [-0.4, -0.2) is 27.2 Å². The van der Waals surface area contributed by atoms with E-state index >= 15 is 0 Å². The van der Waals surface area contributed by atoms with Gasteiger partial charge in [-0.2, -0.15) is 0 Å². The Hall–Kier alpha value is -3.91. The number of H-pyrrole nitrogens is 1. The molecule has 36 heavy (non-hydrogen) atoms. The third-order valence-electron chi connectivity index (χ3n) is 6.86. The summed E-state index contributed by atoms with van der Waals surface area (Å²) in [4.78, 5) is 42.4. The first-order valence-electron chi connectivity index (χ1n) is 12.3. The molecule has 186 valence electrons. The molecule has 1 aliphatic heterocycles. The van der Waals surface area contributed by atoms with Crippen LogP contribution in [-0.2, 0) is 22.6 Å². The fourth-order valence-electron chi connectivity index (χ4n) is 4.94. The highest BCUT2D eigenvalue weighted by atomic mass is 16.5. The predicted octanol–water partition coefficient (Wildman–Crippen LogP) is 4.00. The number of methoxy groups -OCH3 is 1. The smallest absolute Gasteiger partial charge is 0.336 e. The molecule has 2 aromatic carbocycles. The molecule has 0 saturated heterocycles. The highest BCUT2D eigenvalue weighted by Crippen LogP contribution is 2.30. The summed E-state index contributed by atoms with van der Waals surface area (Å²) in [6, 6.07) is 15.1. The van der Waals surface area contributed by atoms with Crippen molar-refractivity contribution in [2.75, 3.05) is 7.11 Å². The molecule has 4 aromatic rings. The van der Waals surface area contributed by atoms with Crippen molar-refractivity contribution in [1.29, 1.82) is 0 Å². The zero-order valence-electron chi connectivity index (χ0n) is 20.9. The van der Waals surface area contributed by atoms with Crippen molar-refractivity contribution in [1.82, 2.24) is 19.4 Å². The van der Waals surface area contributed by atoms with Gasteiger partial charge in [0.25, 0.3) is 5.56 Å². The topological polar surface area (TPSA) is 98.1 Å². The van der Waals surface area contributed by atoms with Crippen LogP contribution in [0.5, 0.6) is 0 Å². The molecule has 1 unspecified atom stereocenters. The second-order valence-corrected chi connectivity index (χ2v) is 9.52. The molecule has 2 N–H and O–H groups in total. The Morgan fingerprint density at radius 1 is 1.14 bits per heavy atom. The highest BCUT2D eigenvalue weighted by molar-refractivity contribution is 5.84. The van der Waals surface area contributed by atoms with Crippen LogP contribution < -0.4 is 16.6 Å². The number of fused-ring (bicyclic) bond motifs is 2. The van der Waals surface area contributed by atoms with Gasteiger partial charge in [-0.05, 0) is 58.9 Å². The fourth-order valence-corrected chi connectivity index (χ4v) is 4.94. The molecule has 0 spiro atoms. The van der Waals surface area contributed by atoms with Crippen LogP contribution in [0, 0.1) is 0 Å². The number of carbonyl (C=O) groups excluding carboxylic acids is 1. The molecule has 2 aromatic heterocycles. The van der Waals surface area contributed by atoms with E-state index in [1.54, 1.807) is 4.57 Å². The third kappa shape index (κ3) is 3.87. The van der Waals surface area contributed by atoms with E-state index in [9.17, 15) is 14.4 Å². The van der Waals surface area contributed by atoms with Gasteiger partial charge in [0.15, 0.2) is 0 Å². The van der Waals surface area contributed by atoms with Gasteiger partial charge in [0.1, 0.15) is 11.6 Å². The van der Waals surface area contributed by atoms with Gasteiger partial charge in [0.2, 0.25) is 0 Å². The van der Waals surface area contributed by atoms with Gasteiger partial charge in [-0.3, -0.25) is 19.2 Å². The van der Waals surface area contributed by atoms with Crippen molar-refractivity contribution in [3.05, 3.63) is 86.1 Å². The molecule has 1 aliphatic rings. The first-order valence-corrected chi connectivity index (χ1v) is 12.3. The number of aromatic nitrogens is 3. The van der Waals surface area contributed by atoms with E-state index in [1.807, 2.05) is 43.3 Å². The molecule has 8 nitrogen and oxygen atoms in total. The lowest BCUT2D eigenvalue weighted by Crippen LogP contribution is -2.39. The van der Waals surface area contributed by atoms with E-state index < -0.39 is 6.04 Å². The minimum Gasteiger partial charge on any atom is -0.468 e. The lowest BCUT2D eigenvalue weighted by Gasteiger charge is -2.13. The predicted molar refractivity (Wildman–Crippen MR) is 140 cm³/mol. The summed E-state index contributed by atoms with van der Waals surface area (Å²) in [6.45, 7) is 7.02. The molecule has 0 bridgehead atoms. The molecule has 0 radical (unpaired) electrons. The number of ether oxygens (including phenoxy) is 1. The van der Waals surface area contributed by atoms with E-state index in [0.717, 1.165) is 22.4 Å². The number of nitrogens with zero attached hydrogens (tertiary/aromatic N) is 2. The minimum absolute atomic E-state index is 0.321. The lowest BCUT2D eigenvalue weighted by atomic mass is 10.00. The van der Waals surface area contributed by atoms with Gasteiger partial charge in [-0.1, -0.05) is 45.0 Å². The summed E-state index contributed by atoms with van der Waals surface area (Å²) in [5.41, 5.74) is 5.52. The van der Waals surface area contributed by atoms with E-state index in [2.05, 4.69) is 36.3 Å². The van der Waals surface area contributed by atoms with Crippen molar-refractivity contribution in [3.8, 4) is 16.9 Å². The van der Waals surface area contributed by atoms with Gasteiger partial charge in [-0.15, -0.1) is 0 Å². The summed E-state index contributed by atoms with van der Waals surface area (Å²) < 4.78 is 7.78. The molecule has 5 rings (SSSR count). The molecule has 0 saturated carbocycles. The Labute approximate surface area is 208 Å². The average Bonchev–Trinajstić information content (AvgIpc) is 3.51. The number of carbonyl (C=O) groups is 1. The number of esters is 1. The number of aromatic amines is 1. The van der Waals surface area contributed by atoms with Crippen molar-refractivity contribution in [3.63, 3.8) is 0 Å². The summed E-state index contributed by atoms with van der Waals surface area (Å²) in [6.07, 6.45) is 0.652. The molecule has 8 heteroatoms. The Bertz CT molecular complexity index is 1590. The zero-order valence-corrected chi connectivity index (χ0v) is 20.9. The van der Waals surface area contributed by atoms with Crippen LogP contribution in [0.4, 0.5) is 0 Å². The molecule has 1 atom stereocenters. The number of benzene rings is 2. The largest absolute Gasteiger partial charge is 0.468 e. The molecular formula is C28H30N4O4. The first kappa shape index (κ1) is 23.8. The summed E-state index contributed by atoms with van der Waals surface area (Å²) in [5.74, 6) is 0.0135. The van der Waals surface area contributed by atoms with E-state index in [1.165, 1.54) is 17.2 Å². The van der Waals surface area contributed by atoms with Crippen LogP contribution in [0.15, 0.2) is 58.1 Å². The van der Waals surface area contributed by atoms with Gasteiger partial charge < -0.3 is 9.72 Å². The number of nitrogens with one attached hydrogen (secondary N) is 2. The number of rotatable bonds is 6. The molecular weight excluding hydrogens is 456 g/mol. The minimum atomic E-state index is -0.531. The summed E-state index contributed by atoms with van der Waals surface area (Å²) >= 11 is 0. The maximum atomic E-state index is 13.6. The van der Waals surface area contributed by atoms with Crippen LogP contribution in [0.2, 0.25) is 0 Å². The van der Waals surface area contributed by atoms with Crippen molar-refractivity contribution < 1.29 is 9.53 Å². The van der Waals surface area contributed by atoms with Crippen molar-refractivity contribution in [2.24, 2.45) is 0 Å². The standard InChI is InChI=1S/C28H30N4O4/c1-5-11-31-26(33)25-23(14-22(30-25)18-8-6-7-17(12-18)16(2)3)32(28(31)35)20-9-10-21-19(13-20)15-29-24(21)27(34)36-4/h6-10,12-14,16,24,29-30H,5,11,15H2,1-4H3. The normalized spacial score (nSPS) is 15.0. The molecule has 0 amide bonds. The summed E-state index contributed by atoms with van der Waals surface area (Å²) in [5, 5.41) is 3.16. The zero-order chi connectivity index (χ0) is 25.6. The molecule has 0 aliphatic carbocycles. The Kier molecular flexibility index (Phi) is 6.14. The van der Waals surface area contributed by atoms with Crippen LogP contribution >= 0.6 is 0 Å². The SMILES string of the molecule is CCCn1c(=O)c2[nH]c(-c3cccc(C(C)C)c3)cc2n(-c2ccc3c(c2)CNC3C(=O)OC)c1=O. The maximum Gasteiger partial charge on any atom is 0.336 e. The lowest BCUT2D eigenvalue weighted by molar-refractivity contribution is -0.143. The first-order chi connectivity index (χ1) is 17.3. The van der Waals surface area contributed by atoms with Gasteiger partial charge in [0, 0.05) is 18.8 Å². The maximum absolute atomic E-state index is 13.6. The van der Waals surface area contributed by atoms with Crippen LogP contribution in [0.25, 0.3) is 28.0 Å². The fraction of sp³-hybridized carbons (Fsp3) is 0.321. The van der Waals surface area contributed by atoms with E-state index in [4.69, 9.17) is 4.74 Å². The highest BCUT2D eigenvalue weighted by Gasteiger charge is 2.29. The Balaban J connectivity index is 1.72. The van der Waals surface area contributed by atoms with Crippen molar-refractivity contribution >= 4 is 17.0 Å². The second-order valence-electron chi connectivity index (χ2n) is 9.52. The van der Waals surface area contributed by atoms with Crippen LogP contribution in [0.1, 0.15) is 55.8 Å². The van der Waals surface area contributed by atoms with Crippen molar-refractivity contribution in [2.45, 2.75) is 52.2 Å². The van der Waals surface area contributed by atoms with Gasteiger partial charge in [0.05, 0.1) is 18.3 Å². The monoisotopic (exact) mass is 486 g/mol. The Morgan fingerprint density at radius 3 is 2.67 bits per heavy atom. The van der Waals surface area contributed by atoms with Gasteiger partial charge >= 0.3 is 11.7 Å². The van der Waals surface area contributed by atoms with Gasteiger partial charge in [-0.25, -0.2) is 9.59 Å².